The smallest absolute Gasteiger partial charge is 0.252 e. The second-order valence-electron chi connectivity index (χ2n) is 10.6. The van der Waals surface area contributed by atoms with Crippen LogP contribution in [0.15, 0.2) is 24.4 Å². The molecule has 0 aliphatic carbocycles. The number of carbonyl (C=O) groups is 1. The van der Waals surface area contributed by atoms with E-state index in [2.05, 4.69) is 61.8 Å². The van der Waals surface area contributed by atoms with Gasteiger partial charge >= 0.3 is 0 Å². The van der Waals surface area contributed by atoms with E-state index in [4.69, 9.17) is 10.1 Å². The number of likely N-dealkylation sites (N-methyl/N-ethyl adjacent to an activating group) is 1. The predicted molar refractivity (Wildman–Crippen MR) is 136 cm³/mol. The number of anilines is 1. The molecule has 8 nitrogen and oxygen atoms in total. The lowest BCUT2D eigenvalue weighted by molar-refractivity contribution is 0.0952. The summed E-state index contributed by atoms with van der Waals surface area (Å²) >= 11 is 0. The van der Waals surface area contributed by atoms with Gasteiger partial charge in [0.25, 0.3) is 5.91 Å². The Labute approximate surface area is 202 Å². The lowest BCUT2D eigenvalue weighted by Crippen LogP contribution is -2.45. The minimum atomic E-state index is -0.240. The summed E-state index contributed by atoms with van der Waals surface area (Å²) in [7, 11) is 2.14. The molecule has 3 aromatic rings. The number of hydrogen-bond acceptors (Lipinski definition) is 6. The van der Waals surface area contributed by atoms with E-state index in [9.17, 15) is 4.79 Å². The normalized spacial score (nSPS) is 15.4. The van der Waals surface area contributed by atoms with Crippen molar-refractivity contribution in [1.82, 2.24) is 30.0 Å². The van der Waals surface area contributed by atoms with Gasteiger partial charge in [-0.05, 0) is 52.8 Å². The Balaban J connectivity index is 1.65. The molecule has 4 rings (SSSR count). The standard InChI is InChI=1S/C26H37N7O/c1-17(2)21-15-20(22-18(3)30-33(24(22)29-21)26(4,5)6)25(34)28-16-19-9-8-10-27-23(19)32-13-11-31(7)12-14-32/h8-10,15,17H,11-14,16H2,1-7H3,(H,28,34). The molecule has 1 N–H and O–H groups in total. The molecule has 1 amide bonds. The Morgan fingerprint density at radius 1 is 1.18 bits per heavy atom. The number of nitrogens with one attached hydrogen (secondary N) is 1. The SMILES string of the molecule is Cc1nn(C(C)(C)C)c2nc(C(C)C)cc(C(=O)NCc3cccnc3N3CCN(C)CC3)c12. The quantitative estimate of drug-likeness (QED) is 0.622. The summed E-state index contributed by atoms with van der Waals surface area (Å²) in [4.78, 5) is 27.7. The maximum atomic E-state index is 13.5. The van der Waals surface area contributed by atoms with Crippen LogP contribution in [0.1, 0.15) is 67.8 Å². The van der Waals surface area contributed by atoms with Crippen molar-refractivity contribution >= 4 is 22.8 Å². The molecule has 0 atom stereocenters. The minimum Gasteiger partial charge on any atom is -0.354 e. The Kier molecular flexibility index (Phi) is 6.62. The third-order valence-electron chi connectivity index (χ3n) is 6.41. The van der Waals surface area contributed by atoms with Gasteiger partial charge < -0.3 is 15.1 Å². The summed E-state index contributed by atoms with van der Waals surface area (Å²) in [6.45, 7) is 16.7. The fourth-order valence-corrected chi connectivity index (χ4v) is 4.39. The van der Waals surface area contributed by atoms with Gasteiger partial charge in [0, 0.05) is 50.2 Å². The van der Waals surface area contributed by atoms with E-state index in [1.165, 1.54) is 0 Å². The van der Waals surface area contributed by atoms with Crippen LogP contribution in [0.25, 0.3) is 11.0 Å². The number of carbonyl (C=O) groups excluding carboxylic acids is 1. The van der Waals surface area contributed by atoms with Crippen molar-refractivity contribution < 1.29 is 4.79 Å². The molecule has 34 heavy (non-hydrogen) atoms. The van der Waals surface area contributed by atoms with Crippen LogP contribution in [0.2, 0.25) is 0 Å². The van der Waals surface area contributed by atoms with Crippen molar-refractivity contribution in [2.45, 2.75) is 59.5 Å². The van der Waals surface area contributed by atoms with Crippen LogP contribution in [0.4, 0.5) is 5.82 Å². The number of fused-ring (bicyclic) bond motifs is 1. The summed E-state index contributed by atoms with van der Waals surface area (Å²) in [6.07, 6.45) is 1.82. The van der Waals surface area contributed by atoms with Gasteiger partial charge in [-0.1, -0.05) is 19.9 Å². The molecule has 1 aliphatic heterocycles. The summed E-state index contributed by atoms with van der Waals surface area (Å²) in [5, 5.41) is 8.74. The van der Waals surface area contributed by atoms with Crippen LogP contribution >= 0.6 is 0 Å². The Morgan fingerprint density at radius 3 is 2.53 bits per heavy atom. The fourth-order valence-electron chi connectivity index (χ4n) is 4.39. The number of pyridine rings is 2. The molecule has 0 spiro atoms. The molecule has 0 bridgehead atoms. The van der Waals surface area contributed by atoms with Crippen molar-refractivity contribution in [3.8, 4) is 0 Å². The number of aromatic nitrogens is 4. The molecule has 0 unspecified atom stereocenters. The van der Waals surface area contributed by atoms with Gasteiger partial charge in [-0.2, -0.15) is 5.10 Å². The average Bonchev–Trinajstić information content (AvgIpc) is 3.14. The van der Waals surface area contributed by atoms with E-state index in [-0.39, 0.29) is 17.4 Å². The molecular formula is C26H37N7O. The molecule has 8 heteroatoms. The molecule has 3 aromatic heterocycles. The van der Waals surface area contributed by atoms with Crippen LogP contribution < -0.4 is 10.2 Å². The van der Waals surface area contributed by atoms with Gasteiger partial charge in [0.15, 0.2) is 5.65 Å². The first kappa shape index (κ1) is 24.1. The summed E-state index contributed by atoms with van der Waals surface area (Å²) in [5.74, 6) is 1.04. The zero-order valence-corrected chi connectivity index (χ0v) is 21.5. The number of rotatable bonds is 5. The summed E-state index contributed by atoms with van der Waals surface area (Å²) in [6, 6.07) is 5.90. The van der Waals surface area contributed by atoms with E-state index in [1.54, 1.807) is 0 Å². The van der Waals surface area contributed by atoms with E-state index in [0.717, 1.165) is 60.0 Å². The first-order valence-electron chi connectivity index (χ1n) is 12.1. The number of aryl methyl sites for hydroxylation is 1. The second kappa shape index (κ2) is 9.33. The van der Waals surface area contributed by atoms with Gasteiger partial charge in [0.1, 0.15) is 5.82 Å². The monoisotopic (exact) mass is 463 g/mol. The number of piperazine rings is 1. The largest absolute Gasteiger partial charge is 0.354 e. The second-order valence-corrected chi connectivity index (χ2v) is 10.6. The summed E-state index contributed by atoms with van der Waals surface area (Å²) < 4.78 is 1.94. The maximum Gasteiger partial charge on any atom is 0.252 e. The molecule has 1 aliphatic rings. The highest BCUT2D eigenvalue weighted by molar-refractivity contribution is 6.06. The van der Waals surface area contributed by atoms with Crippen molar-refractivity contribution in [1.29, 1.82) is 0 Å². The maximum absolute atomic E-state index is 13.5. The van der Waals surface area contributed by atoms with E-state index < -0.39 is 0 Å². The highest BCUT2D eigenvalue weighted by Crippen LogP contribution is 2.29. The highest BCUT2D eigenvalue weighted by Gasteiger charge is 2.25. The van der Waals surface area contributed by atoms with Crippen molar-refractivity contribution in [2.75, 3.05) is 38.1 Å². The zero-order chi connectivity index (χ0) is 24.6. The predicted octanol–water partition coefficient (Wildman–Crippen LogP) is 3.69. The van der Waals surface area contributed by atoms with Crippen molar-refractivity contribution in [3.05, 3.63) is 46.9 Å². The number of hydrogen-bond donors (Lipinski definition) is 1. The fraction of sp³-hybridized carbons (Fsp3) is 0.538. The summed E-state index contributed by atoms with van der Waals surface area (Å²) in [5.41, 5.74) is 3.89. The molecular weight excluding hydrogens is 426 g/mol. The molecule has 182 valence electrons. The lowest BCUT2D eigenvalue weighted by atomic mass is 10.0. The highest BCUT2D eigenvalue weighted by atomic mass is 16.1. The van der Waals surface area contributed by atoms with Crippen LogP contribution in [-0.2, 0) is 12.1 Å². The Bertz CT molecular complexity index is 1180. The number of amides is 1. The Hall–Kier alpha value is -3.00. The molecule has 1 saturated heterocycles. The van der Waals surface area contributed by atoms with Crippen molar-refractivity contribution in [3.63, 3.8) is 0 Å². The van der Waals surface area contributed by atoms with Crippen LogP contribution in [0, 0.1) is 6.92 Å². The van der Waals surface area contributed by atoms with Gasteiger partial charge in [-0.25, -0.2) is 14.6 Å². The topological polar surface area (TPSA) is 79.2 Å². The Morgan fingerprint density at radius 2 is 1.88 bits per heavy atom. The minimum absolute atomic E-state index is 0.112. The van der Waals surface area contributed by atoms with Gasteiger partial charge in [-0.15, -0.1) is 0 Å². The molecule has 0 saturated carbocycles. The molecule has 0 radical (unpaired) electrons. The first-order chi connectivity index (χ1) is 16.1. The van der Waals surface area contributed by atoms with E-state index >= 15 is 0 Å². The number of nitrogens with zero attached hydrogens (tertiary/aromatic N) is 6. The van der Waals surface area contributed by atoms with Crippen LogP contribution in [0.5, 0.6) is 0 Å². The first-order valence-corrected chi connectivity index (χ1v) is 12.1. The van der Waals surface area contributed by atoms with Crippen molar-refractivity contribution in [2.24, 2.45) is 0 Å². The van der Waals surface area contributed by atoms with E-state index in [0.29, 0.717) is 12.1 Å². The zero-order valence-electron chi connectivity index (χ0n) is 21.5. The molecule has 1 fully saturated rings. The van der Waals surface area contributed by atoms with Gasteiger partial charge in [0.2, 0.25) is 0 Å². The lowest BCUT2D eigenvalue weighted by Gasteiger charge is -2.34. The van der Waals surface area contributed by atoms with Gasteiger partial charge in [-0.3, -0.25) is 4.79 Å². The van der Waals surface area contributed by atoms with Crippen LogP contribution in [-0.4, -0.2) is 63.8 Å². The van der Waals surface area contributed by atoms with Crippen LogP contribution in [0.3, 0.4) is 0 Å². The third-order valence-corrected chi connectivity index (χ3v) is 6.41. The van der Waals surface area contributed by atoms with Gasteiger partial charge in [0.05, 0.1) is 22.2 Å². The third kappa shape index (κ3) is 4.78. The van der Waals surface area contributed by atoms with E-state index in [1.807, 2.05) is 36.0 Å². The molecule has 0 aromatic carbocycles. The average molecular weight is 464 g/mol. The molecule has 4 heterocycles.